The predicted molar refractivity (Wildman–Crippen MR) is 103 cm³/mol. The fourth-order valence-corrected chi connectivity index (χ4v) is 4.56. The molecule has 1 amide bonds. The summed E-state index contributed by atoms with van der Waals surface area (Å²) in [6, 6.07) is 12.5. The maximum absolute atomic E-state index is 12.7. The molecule has 2 atom stereocenters. The van der Waals surface area contributed by atoms with Gasteiger partial charge in [-0.1, -0.05) is 36.8 Å². The van der Waals surface area contributed by atoms with Gasteiger partial charge < -0.3 is 10.2 Å². The van der Waals surface area contributed by atoms with Crippen LogP contribution in [0, 0.1) is 5.92 Å². The van der Waals surface area contributed by atoms with E-state index in [1.807, 2.05) is 43.4 Å². The van der Waals surface area contributed by atoms with Crippen LogP contribution in [0.5, 0.6) is 0 Å². The van der Waals surface area contributed by atoms with Crippen molar-refractivity contribution >= 4 is 5.91 Å². The Morgan fingerprint density at radius 3 is 2.81 bits per heavy atom. The number of aromatic nitrogens is 2. The summed E-state index contributed by atoms with van der Waals surface area (Å²) < 4.78 is 1.69. The molecule has 1 aromatic heterocycles. The first kappa shape index (κ1) is 17.3. The number of carbonyl (C=O) groups excluding carboxylic acids is 1. The smallest absolute Gasteiger partial charge is 0.269 e. The third kappa shape index (κ3) is 3.54. The maximum atomic E-state index is 12.7. The van der Waals surface area contributed by atoms with Gasteiger partial charge in [0.2, 0.25) is 0 Å². The van der Waals surface area contributed by atoms with Gasteiger partial charge in [0.15, 0.2) is 0 Å². The lowest BCUT2D eigenvalue weighted by atomic mass is 9.83. The second kappa shape index (κ2) is 7.62. The number of amides is 1. The van der Waals surface area contributed by atoms with Crippen LogP contribution in [0.15, 0.2) is 36.4 Å². The highest BCUT2D eigenvalue weighted by molar-refractivity contribution is 5.93. The van der Waals surface area contributed by atoms with Crippen LogP contribution >= 0.6 is 0 Å². The lowest BCUT2D eigenvalue weighted by Gasteiger charge is -2.44. The van der Waals surface area contributed by atoms with Crippen molar-refractivity contribution in [2.45, 2.75) is 38.1 Å². The van der Waals surface area contributed by atoms with E-state index >= 15 is 0 Å². The van der Waals surface area contributed by atoms with Crippen molar-refractivity contribution in [3.8, 4) is 11.3 Å². The summed E-state index contributed by atoms with van der Waals surface area (Å²) in [5, 5.41) is 7.69. The van der Waals surface area contributed by atoms with Gasteiger partial charge in [0, 0.05) is 25.2 Å². The molecular formula is C21H28N4O. The lowest BCUT2D eigenvalue weighted by Crippen LogP contribution is -2.51. The number of carbonyl (C=O) groups is 1. The summed E-state index contributed by atoms with van der Waals surface area (Å²) in [6.07, 6.45) is 6.41. The summed E-state index contributed by atoms with van der Waals surface area (Å²) in [6.45, 7) is 3.24. The summed E-state index contributed by atoms with van der Waals surface area (Å²) >= 11 is 0. The zero-order chi connectivity index (χ0) is 17.9. The highest BCUT2D eigenvalue weighted by atomic mass is 16.2. The first-order valence-electron chi connectivity index (χ1n) is 9.84. The van der Waals surface area contributed by atoms with Gasteiger partial charge in [0.1, 0.15) is 5.69 Å². The van der Waals surface area contributed by atoms with E-state index in [0.717, 1.165) is 17.8 Å². The Balaban J connectivity index is 1.41. The second-order valence-corrected chi connectivity index (χ2v) is 7.62. The molecule has 5 heteroatoms. The van der Waals surface area contributed by atoms with Crippen LogP contribution in [0.3, 0.4) is 0 Å². The molecule has 0 aliphatic carbocycles. The van der Waals surface area contributed by atoms with E-state index in [1.165, 1.54) is 45.2 Å². The predicted octanol–water partition coefficient (Wildman–Crippen LogP) is 3.08. The molecule has 2 unspecified atom stereocenters. The van der Waals surface area contributed by atoms with Crippen molar-refractivity contribution in [1.82, 2.24) is 20.0 Å². The van der Waals surface area contributed by atoms with Crippen LogP contribution < -0.4 is 5.32 Å². The maximum Gasteiger partial charge on any atom is 0.269 e. The third-order valence-corrected chi connectivity index (χ3v) is 5.94. The summed E-state index contributed by atoms with van der Waals surface area (Å²) in [4.78, 5) is 15.4. The number of rotatable bonds is 4. The molecule has 2 aromatic rings. The van der Waals surface area contributed by atoms with Crippen LogP contribution in [0.4, 0.5) is 0 Å². The molecule has 1 aromatic carbocycles. The molecule has 0 saturated carbocycles. The molecule has 3 heterocycles. The molecule has 0 spiro atoms. The summed E-state index contributed by atoms with van der Waals surface area (Å²) in [5.74, 6) is 0.560. The van der Waals surface area contributed by atoms with Crippen LogP contribution in [-0.4, -0.2) is 46.3 Å². The highest BCUT2D eigenvalue weighted by Crippen LogP contribution is 2.30. The minimum absolute atomic E-state index is 0.0184. The molecule has 0 radical (unpaired) electrons. The minimum Gasteiger partial charge on any atom is -0.350 e. The summed E-state index contributed by atoms with van der Waals surface area (Å²) in [5.41, 5.74) is 2.50. The Labute approximate surface area is 155 Å². The number of benzene rings is 1. The Hall–Kier alpha value is -2.14. The van der Waals surface area contributed by atoms with E-state index in [4.69, 9.17) is 0 Å². The Morgan fingerprint density at radius 2 is 1.96 bits per heavy atom. The Bertz CT molecular complexity index is 753. The molecule has 2 aliphatic heterocycles. The summed E-state index contributed by atoms with van der Waals surface area (Å²) in [7, 11) is 1.84. The zero-order valence-corrected chi connectivity index (χ0v) is 15.5. The molecule has 1 N–H and O–H groups in total. The number of piperidine rings is 2. The first-order valence-corrected chi connectivity index (χ1v) is 9.84. The fourth-order valence-electron chi connectivity index (χ4n) is 4.56. The largest absolute Gasteiger partial charge is 0.350 e. The van der Waals surface area contributed by atoms with Crippen molar-refractivity contribution in [2.24, 2.45) is 13.0 Å². The Kier molecular flexibility index (Phi) is 5.07. The van der Waals surface area contributed by atoms with Crippen LogP contribution in [-0.2, 0) is 7.05 Å². The normalized spacial score (nSPS) is 23.4. The topological polar surface area (TPSA) is 50.2 Å². The van der Waals surface area contributed by atoms with Gasteiger partial charge in [-0.3, -0.25) is 9.48 Å². The zero-order valence-electron chi connectivity index (χ0n) is 15.5. The number of nitrogens with zero attached hydrogens (tertiary/aromatic N) is 3. The fraction of sp³-hybridized carbons (Fsp3) is 0.524. The van der Waals surface area contributed by atoms with Gasteiger partial charge in [-0.25, -0.2) is 0 Å². The van der Waals surface area contributed by atoms with Gasteiger partial charge in [0.05, 0.1) is 5.69 Å². The van der Waals surface area contributed by atoms with Gasteiger partial charge in [-0.15, -0.1) is 0 Å². The third-order valence-electron chi connectivity index (χ3n) is 5.94. The molecular weight excluding hydrogens is 324 g/mol. The van der Waals surface area contributed by atoms with Gasteiger partial charge in [0.25, 0.3) is 5.91 Å². The quantitative estimate of drug-likeness (QED) is 0.920. The molecule has 138 valence electrons. The molecule has 2 aliphatic rings. The van der Waals surface area contributed by atoms with Crippen molar-refractivity contribution in [1.29, 1.82) is 0 Å². The number of fused-ring (bicyclic) bond motifs is 1. The average molecular weight is 352 g/mol. The molecule has 5 nitrogen and oxygen atoms in total. The van der Waals surface area contributed by atoms with Crippen LogP contribution in [0.2, 0.25) is 0 Å². The van der Waals surface area contributed by atoms with Crippen molar-refractivity contribution in [3.05, 3.63) is 42.1 Å². The van der Waals surface area contributed by atoms with E-state index in [2.05, 4.69) is 15.3 Å². The average Bonchev–Trinajstić information content (AvgIpc) is 3.08. The molecule has 4 rings (SSSR count). The first-order chi connectivity index (χ1) is 12.7. The van der Waals surface area contributed by atoms with Crippen molar-refractivity contribution in [2.75, 3.05) is 19.6 Å². The van der Waals surface area contributed by atoms with Gasteiger partial charge in [-0.05, 0) is 50.8 Å². The van der Waals surface area contributed by atoms with Crippen molar-refractivity contribution < 1.29 is 4.79 Å². The Morgan fingerprint density at radius 1 is 1.15 bits per heavy atom. The minimum atomic E-state index is -0.0184. The van der Waals surface area contributed by atoms with Crippen molar-refractivity contribution in [3.63, 3.8) is 0 Å². The molecule has 26 heavy (non-hydrogen) atoms. The van der Waals surface area contributed by atoms with Crippen LogP contribution in [0.1, 0.15) is 42.6 Å². The van der Waals surface area contributed by atoms with E-state index in [-0.39, 0.29) is 5.91 Å². The SMILES string of the molecule is Cn1nc(-c2ccccc2)cc1C(=O)NCC1CCCN2CCCCC12. The van der Waals surface area contributed by atoms with E-state index in [9.17, 15) is 4.79 Å². The number of aryl methyl sites for hydroxylation is 1. The second-order valence-electron chi connectivity index (χ2n) is 7.62. The number of hydrogen-bond donors (Lipinski definition) is 1. The van der Waals surface area contributed by atoms with Gasteiger partial charge in [-0.2, -0.15) is 5.10 Å². The van der Waals surface area contributed by atoms with E-state index in [1.54, 1.807) is 4.68 Å². The highest BCUT2D eigenvalue weighted by Gasteiger charge is 2.33. The van der Waals surface area contributed by atoms with Crippen LogP contribution in [0.25, 0.3) is 11.3 Å². The lowest BCUT2D eigenvalue weighted by molar-refractivity contribution is 0.0574. The van der Waals surface area contributed by atoms with E-state index < -0.39 is 0 Å². The number of hydrogen-bond acceptors (Lipinski definition) is 3. The monoisotopic (exact) mass is 352 g/mol. The van der Waals surface area contributed by atoms with E-state index in [0.29, 0.717) is 17.7 Å². The molecule has 0 bridgehead atoms. The number of nitrogens with one attached hydrogen (secondary N) is 1. The molecule has 2 fully saturated rings. The molecule has 2 saturated heterocycles. The van der Waals surface area contributed by atoms with Gasteiger partial charge >= 0.3 is 0 Å². The standard InChI is InChI=1S/C21H28N4O/c1-24-20(14-18(23-24)16-8-3-2-4-9-16)21(26)22-15-17-10-7-13-25-12-6-5-11-19(17)25/h2-4,8-9,14,17,19H,5-7,10-13,15H2,1H3,(H,22,26).